The molecule has 0 saturated carbocycles. The van der Waals surface area contributed by atoms with Gasteiger partial charge in [0, 0.05) is 30.1 Å². The lowest BCUT2D eigenvalue weighted by molar-refractivity contribution is 0.436. The molecule has 0 saturated heterocycles. The van der Waals surface area contributed by atoms with Crippen LogP contribution in [0.4, 0.5) is 0 Å². The van der Waals surface area contributed by atoms with Crippen molar-refractivity contribution in [3.05, 3.63) is 17.5 Å². The van der Waals surface area contributed by atoms with Crippen molar-refractivity contribution in [1.82, 2.24) is 20.4 Å². The lowest BCUT2D eigenvalue weighted by Gasteiger charge is -2.21. The fourth-order valence-corrected chi connectivity index (χ4v) is 2.36. The summed E-state index contributed by atoms with van der Waals surface area (Å²) in [6.07, 6.45) is 2.13. The third kappa shape index (κ3) is 7.29. The second-order valence-electron chi connectivity index (χ2n) is 6.75. The third-order valence-corrected chi connectivity index (χ3v) is 4.95. The maximum absolute atomic E-state index is 4.71. The maximum atomic E-state index is 4.71. The van der Waals surface area contributed by atoms with E-state index < -0.39 is 0 Å². The van der Waals surface area contributed by atoms with Gasteiger partial charge in [0.05, 0.1) is 12.2 Å². The quantitative estimate of drug-likeness (QED) is 0.565. The molecule has 2 N–H and O–H groups in total. The summed E-state index contributed by atoms with van der Waals surface area (Å²) in [5.41, 5.74) is 2.30. The zero-order valence-electron chi connectivity index (χ0n) is 15.7. The Morgan fingerprint density at radius 3 is 2.61 bits per heavy atom. The minimum Gasteiger partial charge on any atom is -0.357 e. The molecule has 132 valence electrons. The number of aryl methyl sites for hydroxylation is 2. The first-order valence-electron chi connectivity index (χ1n) is 8.35. The van der Waals surface area contributed by atoms with Gasteiger partial charge in [-0.15, -0.1) is 0 Å². The molecule has 0 bridgehead atoms. The van der Waals surface area contributed by atoms with Gasteiger partial charge in [-0.2, -0.15) is 16.9 Å². The smallest absolute Gasteiger partial charge is 0.191 e. The molecule has 1 atom stereocenters. The molecule has 0 aliphatic rings. The van der Waals surface area contributed by atoms with Crippen molar-refractivity contribution >= 4 is 17.7 Å². The average molecular weight is 340 g/mol. The van der Waals surface area contributed by atoms with E-state index in [1.54, 1.807) is 0 Å². The first-order valence-corrected chi connectivity index (χ1v) is 9.58. The molecule has 0 fully saturated rings. The van der Waals surface area contributed by atoms with Crippen molar-refractivity contribution in [2.24, 2.45) is 10.9 Å². The predicted octanol–water partition coefficient (Wildman–Crippen LogP) is 2.83. The topological polar surface area (TPSA) is 54.2 Å². The van der Waals surface area contributed by atoms with E-state index in [0.29, 0.717) is 5.92 Å². The summed E-state index contributed by atoms with van der Waals surface area (Å²) in [6.45, 7) is 16.4. The Morgan fingerprint density at radius 2 is 2.09 bits per heavy atom. The fraction of sp³-hybridized carbons (Fsp3) is 0.765. The summed E-state index contributed by atoms with van der Waals surface area (Å²) < 4.78 is 2.25. The van der Waals surface area contributed by atoms with Gasteiger partial charge < -0.3 is 10.6 Å². The Balaban J connectivity index is 2.53. The molecule has 1 heterocycles. The van der Waals surface area contributed by atoms with Crippen molar-refractivity contribution in [2.75, 3.05) is 25.9 Å². The Bertz CT molecular complexity index is 507. The van der Waals surface area contributed by atoms with Gasteiger partial charge in [0.2, 0.25) is 0 Å². The maximum Gasteiger partial charge on any atom is 0.191 e. The third-order valence-electron chi connectivity index (χ3n) is 3.72. The van der Waals surface area contributed by atoms with Crippen molar-refractivity contribution in [3.63, 3.8) is 0 Å². The largest absolute Gasteiger partial charge is 0.357 e. The monoisotopic (exact) mass is 339 g/mol. The van der Waals surface area contributed by atoms with Gasteiger partial charge in [0.25, 0.3) is 0 Å². The summed E-state index contributed by atoms with van der Waals surface area (Å²) in [4.78, 5) is 4.71. The van der Waals surface area contributed by atoms with Gasteiger partial charge in [-0.25, -0.2) is 0 Å². The second-order valence-corrected chi connectivity index (χ2v) is 8.27. The van der Waals surface area contributed by atoms with Gasteiger partial charge in [0.1, 0.15) is 0 Å². The van der Waals surface area contributed by atoms with Crippen LogP contribution in [-0.2, 0) is 6.54 Å². The number of nitrogens with one attached hydrogen (secondary N) is 2. The molecular weight excluding hydrogens is 306 g/mol. The Hall–Kier alpha value is -1.17. The average Bonchev–Trinajstić information content (AvgIpc) is 2.80. The standard InChI is InChI=1S/C17H33N5S/c1-8-18-16(20-12-17(5,6)23-7)19-10-13(2)11-22-15(4)9-14(3)21-22/h9,13H,8,10-12H2,1-7H3,(H2,18,19,20). The van der Waals surface area contributed by atoms with Gasteiger partial charge in [-0.3, -0.25) is 9.67 Å². The van der Waals surface area contributed by atoms with E-state index in [1.807, 2.05) is 18.7 Å². The predicted molar refractivity (Wildman–Crippen MR) is 102 cm³/mol. The van der Waals surface area contributed by atoms with Crippen LogP contribution in [-0.4, -0.2) is 46.4 Å². The summed E-state index contributed by atoms with van der Waals surface area (Å²) in [7, 11) is 0. The Morgan fingerprint density at radius 1 is 1.39 bits per heavy atom. The van der Waals surface area contributed by atoms with Crippen LogP contribution in [0.1, 0.15) is 39.1 Å². The van der Waals surface area contributed by atoms with Crippen LogP contribution in [0.3, 0.4) is 0 Å². The number of hydrogen-bond acceptors (Lipinski definition) is 3. The van der Waals surface area contributed by atoms with E-state index in [4.69, 9.17) is 4.99 Å². The van der Waals surface area contributed by atoms with Gasteiger partial charge in [0.15, 0.2) is 5.96 Å². The summed E-state index contributed by atoms with van der Waals surface area (Å²) in [6, 6.07) is 2.12. The molecule has 0 aliphatic heterocycles. The number of hydrogen-bond donors (Lipinski definition) is 2. The van der Waals surface area contributed by atoms with Gasteiger partial charge >= 0.3 is 0 Å². The minimum absolute atomic E-state index is 0.164. The molecule has 1 aromatic heterocycles. The molecule has 0 aromatic carbocycles. The zero-order chi connectivity index (χ0) is 17.5. The van der Waals surface area contributed by atoms with Gasteiger partial charge in [-0.05, 0) is 52.9 Å². The normalized spacial score (nSPS) is 14.0. The van der Waals surface area contributed by atoms with Crippen molar-refractivity contribution in [1.29, 1.82) is 0 Å². The van der Waals surface area contributed by atoms with E-state index >= 15 is 0 Å². The number of aromatic nitrogens is 2. The second kappa shape index (κ2) is 9.21. The molecule has 0 spiro atoms. The molecular formula is C17H33N5S. The van der Waals surface area contributed by atoms with Crippen LogP contribution in [0.2, 0.25) is 0 Å². The van der Waals surface area contributed by atoms with E-state index in [0.717, 1.165) is 37.8 Å². The van der Waals surface area contributed by atoms with Crippen molar-refractivity contribution in [3.8, 4) is 0 Å². The molecule has 0 aliphatic carbocycles. The molecule has 23 heavy (non-hydrogen) atoms. The lowest BCUT2D eigenvalue weighted by Crippen LogP contribution is -2.41. The molecule has 1 unspecified atom stereocenters. The lowest BCUT2D eigenvalue weighted by atomic mass is 10.2. The Kier molecular flexibility index (Phi) is 7.95. The Labute approximate surface area is 145 Å². The highest BCUT2D eigenvalue weighted by atomic mass is 32.2. The number of aliphatic imine (C=N–C) groups is 1. The van der Waals surface area contributed by atoms with Crippen LogP contribution in [0.15, 0.2) is 11.1 Å². The highest BCUT2D eigenvalue weighted by Crippen LogP contribution is 2.20. The van der Waals surface area contributed by atoms with E-state index in [-0.39, 0.29) is 4.75 Å². The first kappa shape index (κ1) is 19.9. The fourth-order valence-electron chi connectivity index (χ4n) is 2.17. The molecule has 5 nitrogen and oxygen atoms in total. The molecule has 0 amide bonds. The molecule has 6 heteroatoms. The first-order chi connectivity index (χ1) is 10.8. The molecule has 0 radical (unpaired) electrons. The number of rotatable bonds is 8. The molecule has 1 aromatic rings. The van der Waals surface area contributed by atoms with Crippen LogP contribution in [0.25, 0.3) is 0 Å². The SMILES string of the molecule is CCNC(=NCC(C)(C)SC)NCC(C)Cn1nc(C)cc1C. The molecule has 1 rings (SSSR count). The minimum atomic E-state index is 0.164. The van der Waals surface area contributed by atoms with Crippen LogP contribution in [0, 0.1) is 19.8 Å². The van der Waals surface area contributed by atoms with E-state index in [9.17, 15) is 0 Å². The highest BCUT2D eigenvalue weighted by molar-refractivity contribution is 7.99. The number of guanidine groups is 1. The number of nitrogens with zero attached hydrogens (tertiary/aromatic N) is 3. The summed E-state index contributed by atoms with van der Waals surface area (Å²) >= 11 is 1.84. The van der Waals surface area contributed by atoms with E-state index in [1.165, 1.54) is 5.69 Å². The van der Waals surface area contributed by atoms with Crippen LogP contribution in [0.5, 0.6) is 0 Å². The zero-order valence-corrected chi connectivity index (χ0v) is 16.5. The summed E-state index contributed by atoms with van der Waals surface area (Å²) in [5, 5.41) is 11.3. The van der Waals surface area contributed by atoms with Crippen molar-refractivity contribution in [2.45, 2.75) is 52.8 Å². The van der Waals surface area contributed by atoms with Crippen LogP contribution >= 0.6 is 11.8 Å². The number of thioether (sulfide) groups is 1. The summed E-state index contributed by atoms with van der Waals surface area (Å²) in [5.74, 6) is 1.38. The van der Waals surface area contributed by atoms with Gasteiger partial charge in [-0.1, -0.05) is 6.92 Å². The highest BCUT2D eigenvalue weighted by Gasteiger charge is 2.15. The van der Waals surface area contributed by atoms with Crippen LogP contribution < -0.4 is 10.6 Å². The van der Waals surface area contributed by atoms with Crippen molar-refractivity contribution < 1.29 is 0 Å². The van der Waals surface area contributed by atoms with E-state index in [2.05, 4.69) is 67.4 Å².